The van der Waals surface area contributed by atoms with Crippen LogP contribution in [0.4, 0.5) is 0 Å². The van der Waals surface area contributed by atoms with E-state index < -0.39 is 17.5 Å². The van der Waals surface area contributed by atoms with Gasteiger partial charge < -0.3 is 10.2 Å². The molecule has 0 aromatic rings. The van der Waals surface area contributed by atoms with Crippen molar-refractivity contribution in [3.05, 3.63) is 0 Å². The summed E-state index contributed by atoms with van der Waals surface area (Å²) < 4.78 is 0. The van der Waals surface area contributed by atoms with Gasteiger partial charge in [-0.15, -0.1) is 0 Å². The topological polar surface area (TPSA) is 74.6 Å². The van der Waals surface area contributed by atoms with Gasteiger partial charge in [-0.3, -0.25) is 9.59 Å². The quantitative estimate of drug-likeness (QED) is 0.772. The molecule has 4 nitrogen and oxygen atoms in total. The minimum Gasteiger partial charge on any atom is -0.481 e. The normalized spacial score (nSPS) is 56.5. The molecule has 24 heavy (non-hydrogen) atoms. The standard InChI is InChI=1S/C20H30O4/c1-11-12-9-13(21)15-18(2)6-4-7-19(3,17(23)24)14(18)5-8-20(15,10-12)16(11)22/h11-15,21H,4-10H2,1-3H3,(H,23,24)/t11-,12-,13+,14+,15+,18-,19-,20-/m1/s1. The van der Waals surface area contributed by atoms with Crippen molar-refractivity contribution < 1.29 is 19.8 Å². The Morgan fingerprint density at radius 1 is 1.21 bits per heavy atom. The molecule has 4 fully saturated rings. The molecular formula is C20H30O4. The lowest BCUT2D eigenvalue weighted by atomic mass is 9.40. The Bertz CT molecular complexity index is 600. The van der Waals surface area contributed by atoms with E-state index in [-0.39, 0.29) is 28.6 Å². The van der Waals surface area contributed by atoms with Gasteiger partial charge in [0.25, 0.3) is 0 Å². The van der Waals surface area contributed by atoms with E-state index in [1.165, 1.54) is 0 Å². The Morgan fingerprint density at radius 3 is 2.58 bits per heavy atom. The van der Waals surface area contributed by atoms with Crippen LogP contribution in [0.25, 0.3) is 0 Å². The van der Waals surface area contributed by atoms with Crippen LogP contribution in [0.15, 0.2) is 0 Å². The first-order valence-electron chi connectivity index (χ1n) is 9.62. The summed E-state index contributed by atoms with van der Waals surface area (Å²) in [5.74, 6) is 0.0239. The number of aliphatic carboxylic acids is 1. The summed E-state index contributed by atoms with van der Waals surface area (Å²) in [5.41, 5.74) is -1.35. The molecule has 0 unspecified atom stereocenters. The van der Waals surface area contributed by atoms with Crippen molar-refractivity contribution in [3.63, 3.8) is 0 Å². The summed E-state index contributed by atoms with van der Waals surface area (Å²) >= 11 is 0. The maximum Gasteiger partial charge on any atom is 0.309 e. The fourth-order valence-electron chi connectivity index (χ4n) is 7.84. The predicted octanol–water partition coefficient (Wildman–Crippen LogP) is 3.27. The van der Waals surface area contributed by atoms with Crippen LogP contribution in [0.5, 0.6) is 0 Å². The highest BCUT2D eigenvalue weighted by molar-refractivity contribution is 5.90. The number of carbonyl (C=O) groups is 2. The highest BCUT2D eigenvalue weighted by Crippen LogP contribution is 2.71. The molecule has 2 bridgehead atoms. The monoisotopic (exact) mass is 334 g/mol. The molecule has 2 N–H and O–H groups in total. The van der Waals surface area contributed by atoms with E-state index in [1.54, 1.807) is 0 Å². The maximum absolute atomic E-state index is 13.2. The fourth-order valence-corrected chi connectivity index (χ4v) is 7.84. The van der Waals surface area contributed by atoms with Crippen molar-refractivity contribution in [2.45, 2.75) is 71.8 Å². The summed E-state index contributed by atoms with van der Waals surface area (Å²) in [6, 6.07) is 0. The summed E-state index contributed by atoms with van der Waals surface area (Å²) in [5, 5.41) is 20.9. The fraction of sp³-hybridized carbons (Fsp3) is 0.900. The molecule has 4 aliphatic carbocycles. The third-order valence-corrected chi connectivity index (χ3v) is 8.82. The Kier molecular flexibility index (Phi) is 3.34. The van der Waals surface area contributed by atoms with Gasteiger partial charge in [-0.25, -0.2) is 0 Å². The van der Waals surface area contributed by atoms with Crippen molar-refractivity contribution in [2.24, 2.45) is 39.9 Å². The molecule has 0 saturated heterocycles. The Balaban J connectivity index is 1.82. The van der Waals surface area contributed by atoms with Gasteiger partial charge in [-0.05, 0) is 62.7 Å². The number of ketones is 1. The van der Waals surface area contributed by atoms with Gasteiger partial charge in [0.15, 0.2) is 0 Å². The largest absolute Gasteiger partial charge is 0.481 e. The van der Waals surface area contributed by atoms with E-state index in [9.17, 15) is 19.8 Å². The second-order valence-electron chi connectivity index (χ2n) is 9.73. The van der Waals surface area contributed by atoms with Crippen molar-refractivity contribution in [1.82, 2.24) is 0 Å². The molecule has 0 amide bonds. The predicted molar refractivity (Wildman–Crippen MR) is 89.2 cm³/mol. The molecule has 4 aliphatic rings. The average molecular weight is 334 g/mol. The van der Waals surface area contributed by atoms with E-state index >= 15 is 0 Å². The van der Waals surface area contributed by atoms with Crippen LogP contribution in [0.1, 0.15) is 65.7 Å². The lowest BCUT2D eigenvalue weighted by molar-refractivity contribution is -0.199. The number of carbonyl (C=O) groups excluding carboxylic acids is 1. The van der Waals surface area contributed by atoms with Crippen LogP contribution in [0.2, 0.25) is 0 Å². The number of carboxylic acids is 1. The smallest absolute Gasteiger partial charge is 0.309 e. The molecular weight excluding hydrogens is 304 g/mol. The Hall–Kier alpha value is -0.900. The molecule has 0 radical (unpaired) electrons. The Labute approximate surface area is 144 Å². The molecule has 0 aromatic carbocycles. The van der Waals surface area contributed by atoms with Gasteiger partial charge in [0.05, 0.1) is 11.5 Å². The number of rotatable bonds is 1. The minimum atomic E-state index is -0.724. The van der Waals surface area contributed by atoms with E-state index in [1.807, 2.05) is 13.8 Å². The van der Waals surface area contributed by atoms with Crippen LogP contribution in [0.3, 0.4) is 0 Å². The van der Waals surface area contributed by atoms with E-state index in [2.05, 4.69) is 6.92 Å². The first-order chi connectivity index (χ1) is 11.2. The molecule has 4 rings (SSSR count). The van der Waals surface area contributed by atoms with Gasteiger partial charge in [0.2, 0.25) is 0 Å². The molecule has 8 atom stereocenters. The zero-order chi connectivity index (χ0) is 17.5. The van der Waals surface area contributed by atoms with Crippen LogP contribution < -0.4 is 0 Å². The Morgan fingerprint density at radius 2 is 1.92 bits per heavy atom. The minimum absolute atomic E-state index is 0.0549. The van der Waals surface area contributed by atoms with Gasteiger partial charge in [-0.2, -0.15) is 0 Å². The van der Waals surface area contributed by atoms with E-state index in [0.717, 1.165) is 32.1 Å². The highest BCUT2D eigenvalue weighted by Gasteiger charge is 2.70. The van der Waals surface area contributed by atoms with Crippen molar-refractivity contribution in [1.29, 1.82) is 0 Å². The number of fused-ring (bicyclic) bond motifs is 3. The summed E-state index contributed by atoms with van der Waals surface area (Å²) in [6.45, 7) is 6.11. The number of aliphatic hydroxyl groups excluding tert-OH is 1. The number of hydrogen-bond donors (Lipinski definition) is 2. The van der Waals surface area contributed by atoms with Crippen LogP contribution >= 0.6 is 0 Å². The molecule has 0 aliphatic heterocycles. The summed E-state index contributed by atoms with van der Waals surface area (Å²) in [4.78, 5) is 25.2. The second kappa shape index (κ2) is 4.84. The zero-order valence-electron chi connectivity index (χ0n) is 15.0. The van der Waals surface area contributed by atoms with Gasteiger partial charge in [0, 0.05) is 17.3 Å². The molecule has 0 heterocycles. The highest BCUT2D eigenvalue weighted by atomic mass is 16.4. The summed E-state index contributed by atoms with van der Waals surface area (Å²) in [6.07, 6.45) is 5.29. The number of hydrogen-bond acceptors (Lipinski definition) is 3. The van der Waals surface area contributed by atoms with Crippen LogP contribution in [-0.4, -0.2) is 28.1 Å². The number of aliphatic hydroxyl groups is 1. The third kappa shape index (κ3) is 1.73. The van der Waals surface area contributed by atoms with E-state index in [4.69, 9.17) is 0 Å². The number of carboxylic acid groups (broad SMARTS) is 1. The number of Topliss-reactive ketones (excluding diaryl/α,β-unsaturated/α-hetero) is 1. The zero-order valence-corrected chi connectivity index (χ0v) is 15.0. The molecule has 4 heteroatoms. The second-order valence-corrected chi connectivity index (χ2v) is 9.73. The first-order valence-corrected chi connectivity index (χ1v) is 9.62. The first kappa shape index (κ1) is 16.6. The molecule has 134 valence electrons. The molecule has 4 saturated carbocycles. The average Bonchev–Trinajstić information content (AvgIpc) is 2.68. The van der Waals surface area contributed by atoms with Crippen molar-refractivity contribution in [2.75, 3.05) is 0 Å². The van der Waals surface area contributed by atoms with Crippen LogP contribution in [-0.2, 0) is 9.59 Å². The van der Waals surface area contributed by atoms with Crippen LogP contribution in [0, 0.1) is 39.9 Å². The summed E-state index contributed by atoms with van der Waals surface area (Å²) in [7, 11) is 0. The van der Waals surface area contributed by atoms with Crippen molar-refractivity contribution in [3.8, 4) is 0 Å². The SMILES string of the molecule is C[C@H]1C(=O)[C@@]23CC[C@H]4[C@@](C)(CCC[C@@]4(C)C(=O)O)[C@@H]2[C@@H](O)C[C@@H]1C3. The van der Waals surface area contributed by atoms with Gasteiger partial charge >= 0.3 is 5.97 Å². The lowest BCUT2D eigenvalue weighted by Gasteiger charge is -2.63. The third-order valence-electron chi connectivity index (χ3n) is 8.82. The molecule has 0 aromatic heterocycles. The van der Waals surface area contributed by atoms with Crippen molar-refractivity contribution >= 4 is 11.8 Å². The molecule has 1 spiro atoms. The van der Waals surface area contributed by atoms with E-state index in [0.29, 0.717) is 24.5 Å². The maximum atomic E-state index is 13.2. The van der Waals surface area contributed by atoms with Gasteiger partial charge in [-0.1, -0.05) is 20.3 Å². The van der Waals surface area contributed by atoms with Gasteiger partial charge in [0.1, 0.15) is 5.78 Å². The lowest BCUT2D eigenvalue weighted by Crippen LogP contribution is -2.62.